The van der Waals surface area contributed by atoms with E-state index < -0.39 is 0 Å². The summed E-state index contributed by atoms with van der Waals surface area (Å²) >= 11 is 1.98. The van der Waals surface area contributed by atoms with Crippen LogP contribution in [0.3, 0.4) is 0 Å². The van der Waals surface area contributed by atoms with E-state index in [1.807, 2.05) is 11.8 Å². The van der Waals surface area contributed by atoms with Crippen LogP contribution in [0, 0.1) is 11.8 Å². The maximum absolute atomic E-state index is 3.80. The van der Waals surface area contributed by atoms with E-state index in [1.54, 1.807) is 0 Å². The third-order valence-corrected chi connectivity index (χ3v) is 4.95. The predicted molar refractivity (Wildman–Crippen MR) is 82.3 cm³/mol. The quantitative estimate of drug-likeness (QED) is 0.716. The van der Waals surface area contributed by atoms with E-state index in [-0.39, 0.29) is 0 Å². The van der Waals surface area contributed by atoms with Gasteiger partial charge in [-0.3, -0.25) is 4.90 Å². The van der Waals surface area contributed by atoms with E-state index in [9.17, 15) is 0 Å². The van der Waals surface area contributed by atoms with Gasteiger partial charge in [0.2, 0.25) is 0 Å². The van der Waals surface area contributed by atoms with Crippen LogP contribution in [0.25, 0.3) is 0 Å². The molecule has 1 N–H and O–H groups in total. The van der Waals surface area contributed by atoms with E-state index in [4.69, 9.17) is 0 Å². The lowest BCUT2D eigenvalue weighted by Crippen LogP contribution is -2.57. The number of piperazine rings is 1. The molecule has 2 rings (SSSR count). The first kappa shape index (κ1) is 14.7. The normalized spacial score (nSPS) is 30.0. The molecule has 3 heteroatoms. The Kier molecular flexibility index (Phi) is 5.84. The lowest BCUT2D eigenvalue weighted by molar-refractivity contribution is 0.108. The predicted octanol–water partition coefficient (Wildman–Crippen LogP) is 2.84. The van der Waals surface area contributed by atoms with Gasteiger partial charge in [-0.1, -0.05) is 13.8 Å². The van der Waals surface area contributed by atoms with Crippen LogP contribution in [0.5, 0.6) is 0 Å². The number of hydrogen-bond donors (Lipinski definition) is 1. The van der Waals surface area contributed by atoms with E-state index in [2.05, 4.69) is 30.3 Å². The Labute approximate surface area is 117 Å². The lowest BCUT2D eigenvalue weighted by Gasteiger charge is -2.41. The lowest BCUT2D eigenvalue weighted by atomic mass is 9.98. The van der Waals surface area contributed by atoms with Crippen LogP contribution >= 0.6 is 11.8 Å². The maximum atomic E-state index is 3.80. The average Bonchev–Trinajstić information content (AvgIpc) is 3.13. The van der Waals surface area contributed by atoms with E-state index in [0.29, 0.717) is 0 Å². The highest BCUT2D eigenvalue weighted by Gasteiger charge is 2.38. The zero-order chi connectivity index (χ0) is 13.0. The molecule has 0 aromatic carbocycles. The number of rotatable bonds is 7. The van der Waals surface area contributed by atoms with Gasteiger partial charge in [-0.15, -0.1) is 0 Å². The molecule has 2 fully saturated rings. The van der Waals surface area contributed by atoms with E-state index in [1.165, 1.54) is 51.1 Å². The molecule has 2 atom stereocenters. The standard InChI is InChI=1S/C15H30N2S/c1-12(2)9-14-11-17(7-4-8-18-3)15(10-16-14)13-5-6-13/h12-16H,4-11H2,1-3H3. The molecule has 0 spiro atoms. The summed E-state index contributed by atoms with van der Waals surface area (Å²) in [7, 11) is 0. The van der Waals surface area contributed by atoms with Crippen LogP contribution in [-0.4, -0.2) is 48.6 Å². The van der Waals surface area contributed by atoms with Crippen LogP contribution in [0.4, 0.5) is 0 Å². The molecule has 0 aromatic rings. The highest BCUT2D eigenvalue weighted by atomic mass is 32.2. The van der Waals surface area contributed by atoms with Crippen LogP contribution in [0.2, 0.25) is 0 Å². The smallest absolute Gasteiger partial charge is 0.0249 e. The summed E-state index contributed by atoms with van der Waals surface area (Å²) in [4.78, 5) is 2.80. The molecule has 18 heavy (non-hydrogen) atoms. The van der Waals surface area contributed by atoms with Crippen molar-refractivity contribution in [2.45, 2.75) is 51.6 Å². The first-order valence-electron chi connectivity index (χ1n) is 7.67. The van der Waals surface area contributed by atoms with Gasteiger partial charge in [-0.25, -0.2) is 0 Å². The van der Waals surface area contributed by atoms with Gasteiger partial charge in [0.1, 0.15) is 0 Å². The highest BCUT2D eigenvalue weighted by Crippen LogP contribution is 2.36. The summed E-state index contributed by atoms with van der Waals surface area (Å²) in [6.07, 6.45) is 7.85. The fraction of sp³-hybridized carbons (Fsp3) is 1.00. The van der Waals surface area contributed by atoms with Gasteiger partial charge in [-0.2, -0.15) is 11.8 Å². The molecule has 2 unspecified atom stereocenters. The summed E-state index contributed by atoms with van der Waals surface area (Å²) in [5.74, 6) is 3.13. The van der Waals surface area contributed by atoms with Gasteiger partial charge in [-0.05, 0) is 56.1 Å². The number of thioether (sulfide) groups is 1. The van der Waals surface area contributed by atoms with Gasteiger partial charge in [0.25, 0.3) is 0 Å². The second-order valence-electron chi connectivity index (χ2n) is 6.48. The Morgan fingerprint density at radius 3 is 2.72 bits per heavy atom. The highest BCUT2D eigenvalue weighted by molar-refractivity contribution is 7.98. The summed E-state index contributed by atoms with van der Waals surface area (Å²) in [5, 5.41) is 3.80. The zero-order valence-corrected chi connectivity index (χ0v) is 13.1. The molecule has 2 aliphatic rings. The number of hydrogen-bond acceptors (Lipinski definition) is 3. The second-order valence-corrected chi connectivity index (χ2v) is 7.47. The fourth-order valence-corrected chi connectivity index (χ4v) is 3.66. The van der Waals surface area contributed by atoms with Crippen LogP contribution in [-0.2, 0) is 0 Å². The van der Waals surface area contributed by atoms with E-state index in [0.717, 1.165) is 23.9 Å². The van der Waals surface area contributed by atoms with Crippen molar-refractivity contribution in [3.63, 3.8) is 0 Å². The maximum Gasteiger partial charge on any atom is 0.0249 e. The van der Waals surface area contributed by atoms with Crippen molar-refractivity contribution in [1.29, 1.82) is 0 Å². The van der Waals surface area contributed by atoms with Crippen molar-refractivity contribution in [2.24, 2.45) is 11.8 Å². The first-order chi connectivity index (χ1) is 8.70. The van der Waals surface area contributed by atoms with Crippen molar-refractivity contribution < 1.29 is 0 Å². The SMILES string of the molecule is CSCCCN1CC(CC(C)C)NCC1C1CC1. The number of nitrogens with one attached hydrogen (secondary N) is 1. The Bertz CT molecular complexity index is 241. The third kappa shape index (κ3) is 4.43. The second kappa shape index (κ2) is 7.16. The van der Waals surface area contributed by atoms with Crippen molar-refractivity contribution >= 4 is 11.8 Å². The molecular weight excluding hydrogens is 240 g/mol. The Morgan fingerprint density at radius 2 is 2.11 bits per heavy atom. The minimum atomic E-state index is 0.731. The van der Waals surface area contributed by atoms with Crippen LogP contribution in [0.1, 0.15) is 39.5 Å². The Balaban J connectivity index is 1.82. The first-order valence-corrected chi connectivity index (χ1v) is 9.06. The van der Waals surface area contributed by atoms with Crippen molar-refractivity contribution in [1.82, 2.24) is 10.2 Å². The topological polar surface area (TPSA) is 15.3 Å². The molecule has 1 saturated carbocycles. The van der Waals surface area contributed by atoms with Gasteiger partial charge in [0, 0.05) is 25.2 Å². The van der Waals surface area contributed by atoms with Gasteiger partial charge >= 0.3 is 0 Å². The Hall–Kier alpha value is 0.270. The minimum absolute atomic E-state index is 0.731. The zero-order valence-electron chi connectivity index (χ0n) is 12.3. The summed E-state index contributed by atoms with van der Waals surface area (Å²) < 4.78 is 0. The van der Waals surface area contributed by atoms with Gasteiger partial charge in [0.15, 0.2) is 0 Å². The molecule has 1 heterocycles. The van der Waals surface area contributed by atoms with Crippen molar-refractivity contribution in [2.75, 3.05) is 31.6 Å². The molecule has 1 aliphatic heterocycles. The van der Waals surface area contributed by atoms with Crippen LogP contribution < -0.4 is 5.32 Å². The molecule has 1 saturated heterocycles. The third-order valence-electron chi connectivity index (χ3n) is 4.26. The molecule has 0 amide bonds. The van der Waals surface area contributed by atoms with Gasteiger partial charge < -0.3 is 5.32 Å². The van der Waals surface area contributed by atoms with E-state index >= 15 is 0 Å². The van der Waals surface area contributed by atoms with Crippen LogP contribution in [0.15, 0.2) is 0 Å². The molecule has 0 bridgehead atoms. The van der Waals surface area contributed by atoms with Crippen molar-refractivity contribution in [3.05, 3.63) is 0 Å². The molecule has 106 valence electrons. The molecular formula is C15H30N2S. The fourth-order valence-electron chi connectivity index (χ4n) is 3.24. The minimum Gasteiger partial charge on any atom is -0.311 e. The van der Waals surface area contributed by atoms with Gasteiger partial charge in [0.05, 0.1) is 0 Å². The summed E-state index contributed by atoms with van der Waals surface area (Å²) in [6, 6.07) is 1.57. The summed E-state index contributed by atoms with van der Waals surface area (Å²) in [6.45, 7) is 8.52. The monoisotopic (exact) mass is 270 g/mol. The largest absolute Gasteiger partial charge is 0.311 e. The summed E-state index contributed by atoms with van der Waals surface area (Å²) in [5.41, 5.74) is 0. The average molecular weight is 270 g/mol. The van der Waals surface area contributed by atoms with Crippen molar-refractivity contribution in [3.8, 4) is 0 Å². The Morgan fingerprint density at radius 1 is 1.33 bits per heavy atom. The number of nitrogens with zero attached hydrogens (tertiary/aromatic N) is 1. The molecule has 2 nitrogen and oxygen atoms in total. The molecule has 0 radical (unpaired) electrons. The molecule has 1 aliphatic carbocycles. The molecule has 0 aromatic heterocycles.